The van der Waals surface area contributed by atoms with Gasteiger partial charge in [-0.3, -0.25) is 9.48 Å². The third-order valence-corrected chi connectivity index (χ3v) is 2.00. The summed E-state index contributed by atoms with van der Waals surface area (Å²) in [5.41, 5.74) is 0.884. The Labute approximate surface area is 89.3 Å². The molecule has 0 fully saturated rings. The van der Waals surface area contributed by atoms with E-state index < -0.39 is 0 Å². The largest absolute Gasteiger partial charge is 0.349 e. The molecular formula is C9H17N5O. The van der Waals surface area contributed by atoms with Crippen LogP contribution in [-0.4, -0.2) is 46.9 Å². The van der Waals surface area contributed by atoms with E-state index in [4.69, 9.17) is 0 Å². The Balaban J connectivity index is 2.40. The zero-order valence-electron chi connectivity index (χ0n) is 9.40. The van der Waals surface area contributed by atoms with Gasteiger partial charge < -0.3 is 10.2 Å². The number of aromatic nitrogens is 3. The fraction of sp³-hybridized carbons (Fsp3) is 0.667. The molecule has 0 radical (unpaired) electrons. The van der Waals surface area contributed by atoms with E-state index in [9.17, 15) is 4.79 Å². The summed E-state index contributed by atoms with van der Waals surface area (Å²) in [5.74, 6) is 0.0978. The summed E-state index contributed by atoms with van der Waals surface area (Å²) in [6, 6.07) is 0. The second-order valence-corrected chi connectivity index (χ2v) is 3.54. The van der Waals surface area contributed by atoms with Crippen LogP contribution in [0.15, 0.2) is 6.20 Å². The Hall–Kier alpha value is -1.43. The van der Waals surface area contributed by atoms with Gasteiger partial charge in [0.25, 0.3) is 0 Å². The van der Waals surface area contributed by atoms with Gasteiger partial charge in [0, 0.05) is 33.3 Å². The summed E-state index contributed by atoms with van der Waals surface area (Å²) in [7, 11) is 5.35. The number of hydrogen-bond acceptors (Lipinski definition) is 4. The molecule has 6 heteroatoms. The first-order valence-electron chi connectivity index (χ1n) is 4.87. The molecule has 0 spiro atoms. The highest BCUT2D eigenvalue weighted by Gasteiger charge is 2.05. The standard InChI is InChI=1S/C9H17N5O/c1-10-6-8-7-14(12-11-8)5-4-9(15)13(2)3/h7,10H,4-6H2,1-3H3. The van der Waals surface area contributed by atoms with Crippen LogP contribution in [0, 0.1) is 0 Å². The molecule has 6 nitrogen and oxygen atoms in total. The molecule has 0 aliphatic rings. The minimum absolute atomic E-state index is 0.0978. The monoisotopic (exact) mass is 211 g/mol. The zero-order valence-corrected chi connectivity index (χ0v) is 9.40. The minimum Gasteiger partial charge on any atom is -0.349 e. The van der Waals surface area contributed by atoms with Crippen molar-refractivity contribution >= 4 is 5.91 Å². The van der Waals surface area contributed by atoms with Gasteiger partial charge in [0.05, 0.1) is 12.2 Å². The van der Waals surface area contributed by atoms with Crippen LogP contribution >= 0.6 is 0 Å². The van der Waals surface area contributed by atoms with Crippen molar-refractivity contribution in [2.75, 3.05) is 21.1 Å². The lowest BCUT2D eigenvalue weighted by molar-refractivity contribution is -0.128. The van der Waals surface area contributed by atoms with E-state index in [1.165, 1.54) is 0 Å². The first-order chi connectivity index (χ1) is 7.13. The van der Waals surface area contributed by atoms with Gasteiger partial charge in [-0.15, -0.1) is 5.10 Å². The van der Waals surface area contributed by atoms with Gasteiger partial charge in [0.1, 0.15) is 0 Å². The van der Waals surface area contributed by atoms with Crippen LogP contribution in [0.4, 0.5) is 0 Å². The maximum absolute atomic E-state index is 11.3. The fourth-order valence-corrected chi connectivity index (χ4v) is 1.14. The lowest BCUT2D eigenvalue weighted by Crippen LogP contribution is -2.23. The third kappa shape index (κ3) is 3.67. The Bertz CT molecular complexity index is 320. The first-order valence-corrected chi connectivity index (χ1v) is 4.87. The van der Waals surface area contributed by atoms with Crippen molar-refractivity contribution in [1.29, 1.82) is 0 Å². The van der Waals surface area contributed by atoms with Crippen molar-refractivity contribution in [2.24, 2.45) is 0 Å². The Morgan fingerprint density at radius 2 is 2.33 bits per heavy atom. The van der Waals surface area contributed by atoms with Crippen molar-refractivity contribution in [2.45, 2.75) is 19.5 Å². The minimum atomic E-state index is 0.0978. The molecule has 0 aromatic carbocycles. The maximum atomic E-state index is 11.3. The maximum Gasteiger partial charge on any atom is 0.223 e. The van der Waals surface area contributed by atoms with E-state index in [-0.39, 0.29) is 5.91 Å². The summed E-state index contributed by atoms with van der Waals surface area (Å²) in [6.45, 7) is 1.27. The molecule has 0 saturated carbocycles. The average Bonchev–Trinajstić information content (AvgIpc) is 2.62. The first kappa shape index (κ1) is 11.6. The topological polar surface area (TPSA) is 63.1 Å². The van der Waals surface area contributed by atoms with Crippen LogP contribution in [-0.2, 0) is 17.9 Å². The van der Waals surface area contributed by atoms with Crippen molar-refractivity contribution in [3.8, 4) is 0 Å². The highest BCUT2D eigenvalue weighted by molar-refractivity contribution is 5.75. The quantitative estimate of drug-likeness (QED) is 0.711. The SMILES string of the molecule is CNCc1cn(CCC(=O)N(C)C)nn1. The second kappa shape index (κ2) is 5.45. The molecule has 0 aliphatic heterocycles. The van der Waals surface area contributed by atoms with E-state index in [0.717, 1.165) is 5.69 Å². The van der Waals surface area contributed by atoms with E-state index >= 15 is 0 Å². The molecular weight excluding hydrogens is 194 g/mol. The number of rotatable bonds is 5. The lowest BCUT2D eigenvalue weighted by Gasteiger charge is -2.09. The number of nitrogens with one attached hydrogen (secondary N) is 1. The molecule has 1 rings (SSSR count). The van der Waals surface area contributed by atoms with Crippen LogP contribution < -0.4 is 5.32 Å². The molecule has 1 aromatic heterocycles. The molecule has 0 atom stereocenters. The molecule has 1 aromatic rings. The van der Waals surface area contributed by atoms with Gasteiger partial charge in [-0.05, 0) is 7.05 Å². The molecule has 84 valence electrons. The fourth-order valence-electron chi connectivity index (χ4n) is 1.14. The van der Waals surface area contributed by atoms with Gasteiger partial charge in [0.15, 0.2) is 0 Å². The van der Waals surface area contributed by atoms with Crippen molar-refractivity contribution in [3.05, 3.63) is 11.9 Å². The van der Waals surface area contributed by atoms with Crippen LogP contribution in [0.5, 0.6) is 0 Å². The number of aryl methyl sites for hydroxylation is 1. The Kier molecular flexibility index (Phi) is 4.23. The van der Waals surface area contributed by atoms with Crippen LogP contribution in [0.2, 0.25) is 0 Å². The number of carbonyl (C=O) groups is 1. The summed E-state index contributed by atoms with van der Waals surface area (Å²) in [4.78, 5) is 12.9. The Morgan fingerprint density at radius 1 is 1.60 bits per heavy atom. The van der Waals surface area contributed by atoms with E-state index in [2.05, 4.69) is 15.6 Å². The molecule has 1 N–H and O–H groups in total. The van der Waals surface area contributed by atoms with Crippen molar-refractivity contribution in [1.82, 2.24) is 25.2 Å². The van der Waals surface area contributed by atoms with Gasteiger partial charge >= 0.3 is 0 Å². The molecule has 0 saturated heterocycles. The molecule has 15 heavy (non-hydrogen) atoms. The summed E-state index contributed by atoms with van der Waals surface area (Å²) in [6.07, 6.45) is 2.30. The number of amides is 1. The summed E-state index contributed by atoms with van der Waals surface area (Å²) >= 11 is 0. The van der Waals surface area contributed by atoms with Crippen LogP contribution in [0.25, 0.3) is 0 Å². The van der Waals surface area contributed by atoms with Gasteiger partial charge in [0.2, 0.25) is 5.91 Å². The lowest BCUT2D eigenvalue weighted by atomic mass is 10.4. The van der Waals surface area contributed by atoms with Crippen LogP contribution in [0.1, 0.15) is 12.1 Å². The average molecular weight is 211 g/mol. The van der Waals surface area contributed by atoms with Gasteiger partial charge in [-0.25, -0.2) is 0 Å². The molecule has 0 bridgehead atoms. The third-order valence-electron chi connectivity index (χ3n) is 2.00. The zero-order chi connectivity index (χ0) is 11.3. The molecule has 0 aliphatic carbocycles. The molecule has 1 heterocycles. The highest BCUT2D eigenvalue weighted by atomic mass is 16.2. The van der Waals surface area contributed by atoms with Crippen molar-refractivity contribution < 1.29 is 4.79 Å². The predicted molar refractivity (Wildman–Crippen MR) is 56.1 cm³/mol. The van der Waals surface area contributed by atoms with E-state index in [0.29, 0.717) is 19.5 Å². The number of carbonyl (C=O) groups excluding carboxylic acids is 1. The second-order valence-electron chi connectivity index (χ2n) is 3.54. The summed E-state index contributed by atoms with van der Waals surface area (Å²) in [5, 5.41) is 10.9. The summed E-state index contributed by atoms with van der Waals surface area (Å²) < 4.78 is 1.69. The number of nitrogens with zero attached hydrogens (tertiary/aromatic N) is 4. The van der Waals surface area contributed by atoms with Crippen LogP contribution in [0.3, 0.4) is 0 Å². The van der Waals surface area contributed by atoms with Gasteiger partial charge in [-0.1, -0.05) is 5.21 Å². The highest BCUT2D eigenvalue weighted by Crippen LogP contribution is 1.95. The van der Waals surface area contributed by atoms with E-state index in [1.54, 1.807) is 23.7 Å². The predicted octanol–water partition coefficient (Wildman–Crippen LogP) is -0.524. The van der Waals surface area contributed by atoms with E-state index in [1.807, 2.05) is 13.2 Å². The number of hydrogen-bond donors (Lipinski definition) is 1. The Morgan fingerprint density at radius 3 is 2.93 bits per heavy atom. The van der Waals surface area contributed by atoms with Gasteiger partial charge in [-0.2, -0.15) is 0 Å². The molecule has 1 amide bonds. The molecule has 0 unspecified atom stereocenters. The van der Waals surface area contributed by atoms with Crippen molar-refractivity contribution in [3.63, 3.8) is 0 Å². The smallest absolute Gasteiger partial charge is 0.223 e. The normalized spacial score (nSPS) is 10.3.